The molecule has 0 saturated carbocycles. The van der Waals surface area contributed by atoms with Gasteiger partial charge in [0.25, 0.3) is 6.29 Å². The van der Waals surface area contributed by atoms with Gasteiger partial charge in [0.2, 0.25) is 0 Å². The second kappa shape index (κ2) is 68.1. The summed E-state index contributed by atoms with van der Waals surface area (Å²) in [5, 5.41) is 9.75. The van der Waals surface area contributed by atoms with Crippen molar-refractivity contribution >= 4 is 17.9 Å². The number of hydrogen-bond donors (Lipinski definition) is 1. The van der Waals surface area contributed by atoms with E-state index in [9.17, 15) is 19.5 Å². The second-order valence-corrected chi connectivity index (χ2v) is 25.5. The summed E-state index contributed by atoms with van der Waals surface area (Å²) in [7, 11) is 5.97. The highest BCUT2D eigenvalue weighted by Gasteiger charge is 2.25. The van der Waals surface area contributed by atoms with Crippen LogP contribution in [-0.2, 0) is 33.3 Å². The van der Waals surface area contributed by atoms with Gasteiger partial charge in [0.05, 0.1) is 34.4 Å². The molecule has 0 aromatic heterocycles. The van der Waals surface area contributed by atoms with Gasteiger partial charge in [-0.15, -0.1) is 0 Å². The highest BCUT2D eigenvalue weighted by Crippen LogP contribution is 2.18. The van der Waals surface area contributed by atoms with E-state index < -0.39 is 24.3 Å². The van der Waals surface area contributed by atoms with E-state index in [1.807, 2.05) is 21.1 Å². The SMILES string of the molecule is CC/C=C\C/C=C\C/C=C\C/C=C\C/C=C\C/C=C\C/C=C\CCCCCCCCCC(=O)OC(COC(=O)CCCCCCCCCCCCCCCCCCCCCCC/C=C\CCCCCCCCCC)COC(OCC[N+](C)(C)C)C(=O)O. The van der Waals surface area contributed by atoms with Gasteiger partial charge in [-0.2, -0.15) is 0 Å². The van der Waals surface area contributed by atoms with Crippen LogP contribution in [0.25, 0.3) is 0 Å². The zero-order valence-corrected chi connectivity index (χ0v) is 57.4. The monoisotopic (exact) mass is 1220 g/mol. The number of hydrogen-bond acceptors (Lipinski definition) is 7. The molecule has 1 N–H and O–H groups in total. The number of likely N-dealkylation sites (N-methyl/N-ethyl adjacent to an activating group) is 1. The lowest BCUT2D eigenvalue weighted by molar-refractivity contribution is -0.870. The van der Waals surface area contributed by atoms with Crippen LogP contribution >= 0.6 is 0 Å². The number of esters is 2. The van der Waals surface area contributed by atoms with Gasteiger partial charge in [-0.05, 0) is 96.3 Å². The molecule has 0 bridgehead atoms. The molecule has 9 heteroatoms. The number of quaternary nitrogens is 1. The number of carbonyl (C=O) groups excluding carboxylic acids is 2. The third kappa shape index (κ3) is 69.5. The number of unbranched alkanes of at least 4 members (excludes halogenated alkanes) is 36. The van der Waals surface area contributed by atoms with Crippen LogP contribution in [0.5, 0.6) is 0 Å². The van der Waals surface area contributed by atoms with Crippen LogP contribution < -0.4 is 0 Å². The maximum atomic E-state index is 12.9. The molecule has 0 aromatic rings. The van der Waals surface area contributed by atoms with Gasteiger partial charge in [0, 0.05) is 12.8 Å². The first-order chi connectivity index (χ1) is 42.6. The van der Waals surface area contributed by atoms with E-state index in [4.69, 9.17) is 18.9 Å². The molecule has 0 saturated heterocycles. The number of allylic oxidation sites excluding steroid dienone is 16. The number of carboxylic acids is 1. The van der Waals surface area contributed by atoms with Gasteiger partial charge in [-0.25, -0.2) is 4.79 Å². The first-order valence-corrected chi connectivity index (χ1v) is 36.4. The Morgan fingerprint density at radius 1 is 0.356 bits per heavy atom. The smallest absolute Gasteiger partial charge is 0.361 e. The van der Waals surface area contributed by atoms with Crippen molar-refractivity contribution in [3.63, 3.8) is 0 Å². The fourth-order valence-electron chi connectivity index (χ4n) is 10.3. The Kier molecular flexibility index (Phi) is 65.2. The van der Waals surface area contributed by atoms with E-state index in [0.717, 1.165) is 89.9 Å². The summed E-state index contributed by atoms with van der Waals surface area (Å²) in [6.07, 6.45) is 91.0. The summed E-state index contributed by atoms with van der Waals surface area (Å²) < 4.78 is 23.0. The molecule has 9 nitrogen and oxygen atoms in total. The van der Waals surface area contributed by atoms with E-state index >= 15 is 0 Å². The van der Waals surface area contributed by atoms with Crippen molar-refractivity contribution in [2.75, 3.05) is 47.5 Å². The van der Waals surface area contributed by atoms with Crippen molar-refractivity contribution in [1.29, 1.82) is 0 Å². The maximum Gasteiger partial charge on any atom is 0.361 e. The first-order valence-electron chi connectivity index (χ1n) is 36.4. The molecule has 87 heavy (non-hydrogen) atoms. The Morgan fingerprint density at radius 2 is 0.655 bits per heavy atom. The quantitative estimate of drug-likeness (QED) is 0.0211. The van der Waals surface area contributed by atoms with Crippen LogP contribution in [0, 0.1) is 0 Å². The zero-order chi connectivity index (χ0) is 63.3. The van der Waals surface area contributed by atoms with Gasteiger partial charge in [-0.1, -0.05) is 310 Å². The Balaban J connectivity index is 4.11. The van der Waals surface area contributed by atoms with Crippen LogP contribution in [0.3, 0.4) is 0 Å². The zero-order valence-electron chi connectivity index (χ0n) is 57.4. The van der Waals surface area contributed by atoms with Crippen molar-refractivity contribution < 1.29 is 42.9 Å². The molecule has 502 valence electrons. The molecule has 0 rings (SSSR count). The Bertz CT molecular complexity index is 1750. The van der Waals surface area contributed by atoms with E-state index in [1.165, 1.54) is 199 Å². The largest absolute Gasteiger partial charge is 0.477 e. The summed E-state index contributed by atoms with van der Waals surface area (Å²) >= 11 is 0. The van der Waals surface area contributed by atoms with Gasteiger partial charge in [0.1, 0.15) is 13.2 Å². The Morgan fingerprint density at radius 3 is 0.989 bits per heavy atom. The molecule has 0 amide bonds. The van der Waals surface area contributed by atoms with Crippen molar-refractivity contribution in [2.24, 2.45) is 0 Å². The molecule has 2 atom stereocenters. The van der Waals surface area contributed by atoms with E-state index in [-0.39, 0.29) is 32.2 Å². The number of rotatable bonds is 67. The van der Waals surface area contributed by atoms with Crippen LogP contribution in [0.4, 0.5) is 0 Å². The van der Waals surface area contributed by atoms with E-state index in [2.05, 4.69) is 111 Å². The molecular formula is C78H138NO8+. The van der Waals surface area contributed by atoms with Gasteiger partial charge >= 0.3 is 17.9 Å². The molecule has 2 unspecified atom stereocenters. The third-order valence-electron chi connectivity index (χ3n) is 15.8. The summed E-state index contributed by atoms with van der Waals surface area (Å²) in [5.74, 6) is -2.01. The van der Waals surface area contributed by atoms with Crippen molar-refractivity contribution in [2.45, 2.75) is 334 Å². The van der Waals surface area contributed by atoms with Crippen LogP contribution in [0.15, 0.2) is 97.2 Å². The minimum absolute atomic E-state index is 0.182. The number of nitrogens with zero attached hydrogens (tertiary/aromatic N) is 1. The molecule has 0 heterocycles. The van der Waals surface area contributed by atoms with Gasteiger partial charge < -0.3 is 28.5 Å². The molecule has 0 aliphatic heterocycles. The summed E-state index contributed by atoms with van der Waals surface area (Å²) in [6, 6.07) is 0. The predicted molar refractivity (Wildman–Crippen MR) is 373 cm³/mol. The third-order valence-corrected chi connectivity index (χ3v) is 15.8. The minimum atomic E-state index is -1.52. The highest BCUT2D eigenvalue weighted by atomic mass is 16.7. The van der Waals surface area contributed by atoms with Crippen molar-refractivity contribution in [3.8, 4) is 0 Å². The average molecular weight is 1220 g/mol. The number of carbonyl (C=O) groups is 3. The summed E-state index contributed by atoms with van der Waals surface area (Å²) in [6.45, 7) is 4.78. The predicted octanol–water partition coefficient (Wildman–Crippen LogP) is 22.8. The standard InChI is InChI=1S/C78H137NO8/c1-6-8-10-12-14-16-18-20-22-24-26-28-30-32-34-36-37-38-39-41-42-44-46-48-50-52-54-56-58-60-62-64-66-68-75(80)85-72-74(73-86-78(77(82)83)84-71-70-79(3,4)5)87-76(81)69-67-65-63-61-59-57-55-53-51-49-47-45-43-40-35-33-31-29-27-25-23-21-19-17-15-13-11-9-7-2/h9,11,15,17,21,23-24,26-27,29,33,35,43,45,49,51,74,78H,6-8,10,12-14,16,18-20,22,25,28,30-32,34,36-42,44,46-48,50,52-73H2,1-5H3/p+1/b11-9-,17-15-,23-21-,26-24-,29-27-,35-33-,45-43-,51-49-. The summed E-state index contributed by atoms with van der Waals surface area (Å²) in [4.78, 5) is 37.7. The lowest BCUT2D eigenvalue weighted by Gasteiger charge is -2.25. The minimum Gasteiger partial charge on any atom is -0.477 e. The first kappa shape index (κ1) is 83.2. The van der Waals surface area contributed by atoms with Gasteiger partial charge in [0.15, 0.2) is 6.10 Å². The molecule has 0 spiro atoms. The van der Waals surface area contributed by atoms with Crippen molar-refractivity contribution in [1.82, 2.24) is 0 Å². The number of aliphatic carboxylic acids is 1. The number of ether oxygens (including phenoxy) is 4. The Labute approximate surface area is 537 Å². The van der Waals surface area contributed by atoms with Crippen LogP contribution in [0.2, 0.25) is 0 Å². The Hall–Kier alpha value is -3.79. The molecular weight excluding hydrogens is 1080 g/mol. The maximum absolute atomic E-state index is 12.9. The highest BCUT2D eigenvalue weighted by molar-refractivity contribution is 5.71. The molecule has 0 fully saturated rings. The fourth-order valence-corrected chi connectivity index (χ4v) is 10.3. The number of carboxylic acid groups (broad SMARTS) is 1. The molecule has 0 aromatic carbocycles. The fraction of sp³-hybridized carbons (Fsp3) is 0.756. The van der Waals surface area contributed by atoms with Gasteiger partial charge in [-0.3, -0.25) is 9.59 Å². The topological polar surface area (TPSA) is 108 Å². The molecule has 0 aliphatic rings. The van der Waals surface area contributed by atoms with Crippen molar-refractivity contribution in [3.05, 3.63) is 97.2 Å². The normalized spacial score (nSPS) is 13.3. The lowest BCUT2D eigenvalue weighted by Crippen LogP contribution is -2.40. The lowest BCUT2D eigenvalue weighted by atomic mass is 10.0. The van der Waals surface area contributed by atoms with Crippen LogP contribution in [-0.4, -0.2) is 87.4 Å². The van der Waals surface area contributed by atoms with Crippen LogP contribution in [0.1, 0.15) is 322 Å². The molecule has 0 radical (unpaired) electrons. The molecule has 0 aliphatic carbocycles. The summed E-state index contributed by atoms with van der Waals surface area (Å²) in [5.41, 5.74) is 0. The second-order valence-electron chi connectivity index (χ2n) is 25.5. The van der Waals surface area contributed by atoms with E-state index in [1.54, 1.807) is 0 Å². The average Bonchev–Trinajstić information content (AvgIpc) is 3.57. The van der Waals surface area contributed by atoms with E-state index in [0.29, 0.717) is 23.9 Å².